The lowest BCUT2D eigenvalue weighted by Gasteiger charge is -2.19. The van der Waals surface area contributed by atoms with Gasteiger partial charge in [0.15, 0.2) is 0 Å². The van der Waals surface area contributed by atoms with Crippen LogP contribution in [0, 0.1) is 0 Å². The lowest BCUT2D eigenvalue weighted by atomic mass is 10.0. The number of rotatable bonds is 6. The Morgan fingerprint density at radius 1 is 1.00 bits per heavy atom. The number of hydrogen-bond acceptors (Lipinski definition) is 7. The van der Waals surface area contributed by atoms with Gasteiger partial charge in [-0.15, -0.1) is 10.2 Å². The molecule has 7 nitrogen and oxygen atoms in total. The number of hydrazone groups is 1. The van der Waals surface area contributed by atoms with Gasteiger partial charge in [-0.3, -0.25) is 4.79 Å². The summed E-state index contributed by atoms with van der Waals surface area (Å²) in [4.78, 5) is 13.1. The van der Waals surface area contributed by atoms with Gasteiger partial charge in [0.05, 0.1) is 17.7 Å². The number of thioether (sulfide) groups is 1. The maximum Gasteiger partial charge on any atom is 0.277 e. The molecule has 1 unspecified atom stereocenters. The largest absolute Gasteiger partial charge is 0.467 e. The molecule has 0 radical (unpaired) electrons. The first kappa shape index (κ1) is 21.8. The molecule has 0 N–H and O–H groups in total. The SMILES string of the molecule is O=C(CSc1nnc(-c2ccc(Cl)cc2)o1)N1N=C(c2ccc(Cl)cc2)CC1c1ccco1. The van der Waals surface area contributed by atoms with E-state index in [-0.39, 0.29) is 17.7 Å². The second-order valence-corrected chi connectivity index (χ2v) is 9.00. The molecule has 0 saturated heterocycles. The van der Waals surface area contributed by atoms with E-state index < -0.39 is 0 Å². The molecule has 1 aliphatic heterocycles. The number of hydrogen-bond donors (Lipinski definition) is 0. The molecule has 2 aromatic heterocycles. The molecule has 0 aliphatic carbocycles. The topological polar surface area (TPSA) is 84.7 Å². The number of aromatic nitrogens is 2. The van der Waals surface area contributed by atoms with Crippen molar-refractivity contribution in [1.29, 1.82) is 0 Å². The minimum atomic E-state index is -0.328. The summed E-state index contributed by atoms with van der Waals surface area (Å²) in [6.45, 7) is 0. The summed E-state index contributed by atoms with van der Waals surface area (Å²) in [5, 5.41) is 15.7. The molecule has 10 heteroatoms. The summed E-state index contributed by atoms with van der Waals surface area (Å²) in [5.74, 6) is 0.913. The first-order valence-electron chi connectivity index (χ1n) is 9.98. The lowest BCUT2D eigenvalue weighted by Crippen LogP contribution is -2.28. The van der Waals surface area contributed by atoms with Gasteiger partial charge in [-0.05, 0) is 54.1 Å². The minimum Gasteiger partial charge on any atom is -0.467 e. The van der Waals surface area contributed by atoms with E-state index in [1.54, 1.807) is 48.7 Å². The molecule has 0 saturated carbocycles. The number of furan rings is 1. The highest BCUT2D eigenvalue weighted by atomic mass is 35.5. The highest BCUT2D eigenvalue weighted by molar-refractivity contribution is 7.99. The molecule has 4 aromatic rings. The first-order chi connectivity index (χ1) is 16.1. The van der Waals surface area contributed by atoms with Crippen LogP contribution in [0.3, 0.4) is 0 Å². The van der Waals surface area contributed by atoms with Crippen molar-refractivity contribution in [3.8, 4) is 11.5 Å². The van der Waals surface area contributed by atoms with Gasteiger partial charge in [0, 0.05) is 22.0 Å². The Kier molecular flexibility index (Phi) is 6.22. The number of amides is 1. The molecule has 5 rings (SSSR count). The van der Waals surface area contributed by atoms with Crippen LogP contribution >= 0.6 is 35.0 Å². The molecule has 1 aliphatic rings. The molecule has 0 bridgehead atoms. The van der Waals surface area contributed by atoms with Gasteiger partial charge >= 0.3 is 0 Å². The molecule has 1 atom stereocenters. The number of benzene rings is 2. The van der Waals surface area contributed by atoms with Crippen molar-refractivity contribution in [2.75, 3.05) is 5.75 Å². The fourth-order valence-corrected chi connectivity index (χ4v) is 4.29. The highest BCUT2D eigenvalue weighted by Gasteiger charge is 2.35. The van der Waals surface area contributed by atoms with Crippen molar-refractivity contribution in [3.63, 3.8) is 0 Å². The summed E-state index contributed by atoms with van der Waals surface area (Å²) in [6.07, 6.45) is 2.12. The summed E-state index contributed by atoms with van der Waals surface area (Å²) < 4.78 is 11.3. The van der Waals surface area contributed by atoms with Gasteiger partial charge in [-0.2, -0.15) is 5.10 Å². The van der Waals surface area contributed by atoms with Crippen LogP contribution in [0.2, 0.25) is 10.0 Å². The Labute approximate surface area is 203 Å². The maximum atomic E-state index is 13.1. The van der Waals surface area contributed by atoms with Crippen molar-refractivity contribution in [2.45, 2.75) is 17.7 Å². The van der Waals surface area contributed by atoms with E-state index in [1.807, 2.05) is 18.2 Å². The number of halogens is 2. The van der Waals surface area contributed by atoms with E-state index >= 15 is 0 Å². The van der Waals surface area contributed by atoms with Crippen molar-refractivity contribution >= 4 is 46.6 Å². The molecular formula is C23H16Cl2N4O3S. The van der Waals surface area contributed by atoms with Crippen LogP contribution in [0.15, 0.2) is 86.1 Å². The molecule has 2 aromatic carbocycles. The molecular weight excluding hydrogens is 483 g/mol. The van der Waals surface area contributed by atoms with Crippen molar-refractivity contribution in [3.05, 3.63) is 88.3 Å². The van der Waals surface area contributed by atoms with Crippen LogP contribution in [0.1, 0.15) is 23.8 Å². The summed E-state index contributed by atoms with van der Waals surface area (Å²) in [7, 11) is 0. The number of nitrogens with zero attached hydrogens (tertiary/aromatic N) is 4. The van der Waals surface area contributed by atoms with E-state index in [9.17, 15) is 4.79 Å². The van der Waals surface area contributed by atoms with Crippen LogP contribution < -0.4 is 0 Å². The third-order valence-corrected chi connectivity index (χ3v) is 6.34. The lowest BCUT2D eigenvalue weighted by molar-refractivity contribution is -0.130. The Morgan fingerprint density at radius 3 is 2.36 bits per heavy atom. The van der Waals surface area contributed by atoms with Gasteiger partial charge in [-0.25, -0.2) is 5.01 Å². The zero-order chi connectivity index (χ0) is 22.8. The Morgan fingerprint density at radius 2 is 1.70 bits per heavy atom. The van der Waals surface area contributed by atoms with E-state index in [0.29, 0.717) is 33.3 Å². The van der Waals surface area contributed by atoms with Crippen molar-refractivity contribution in [2.24, 2.45) is 5.10 Å². The fraction of sp³-hybridized carbons (Fsp3) is 0.130. The molecule has 33 heavy (non-hydrogen) atoms. The zero-order valence-corrected chi connectivity index (χ0v) is 19.3. The van der Waals surface area contributed by atoms with Crippen LogP contribution in [0.4, 0.5) is 0 Å². The van der Waals surface area contributed by atoms with Crippen LogP contribution in [0.5, 0.6) is 0 Å². The quantitative estimate of drug-likeness (QED) is 0.298. The molecule has 3 heterocycles. The van der Waals surface area contributed by atoms with Gasteiger partial charge in [-0.1, -0.05) is 47.1 Å². The van der Waals surface area contributed by atoms with E-state index in [1.165, 1.54) is 5.01 Å². The monoisotopic (exact) mass is 498 g/mol. The molecule has 166 valence electrons. The fourth-order valence-electron chi connectivity index (χ4n) is 3.43. The second kappa shape index (κ2) is 9.43. The van der Waals surface area contributed by atoms with Gasteiger partial charge < -0.3 is 8.83 Å². The van der Waals surface area contributed by atoms with Gasteiger partial charge in [0.1, 0.15) is 11.8 Å². The predicted molar refractivity (Wildman–Crippen MR) is 126 cm³/mol. The highest BCUT2D eigenvalue weighted by Crippen LogP contribution is 2.34. The average Bonchev–Trinajstić information content (AvgIpc) is 3.59. The van der Waals surface area contributed by atoms with Crippen LogP contribution in [-0.4, -0.2) is 32.6 Å². The summed E-state index contributed by atoms with van der Waals surface area (Å²) in [5.41, 5.74) is 2.44. The average molecular weight is 499 g/mol. The normalized spacial score (nSPS) is 15.6. The third-order valence-electron chi connectivity index (χ3n) is 5.03. The minimum absolute atomic E-state index is 0.0802. The second-order valence-electron chi connectivity index (χ2n) is 7.20. The van der Waals surface area contributed by atoms with Crippen LogP contribution in [0.25, 0.3) is 11.5 Å². The molecule has 1 amide bonds. The molecule has 0 spiro atoms. The number of carbonyl (C=O) groups excluding carboxylic acids is 1. The Balaban J connectivity index is 1.31. The van der Waals surface area contributed by atoms with Crippen molar-refractivity contribution in [1.82, 2.24) is 15.2 Å². The van der Waals surface area contributed by atoms with Gasteiger partial charge in [0.2, 0.25) is 5.89 Å². The summed E-state index contributed by atoms with van der Waals surface area (Å²) >= 11 is 13.1. The Bertz CT molecular complexity index is 1290. The predicted octanol–water partition coefficient (Wildman–Crippen LogP) is 6.11. The van der Waals surface area contributed by atoms with Gasteiger partial charge in [0.25, 0.3) is 11.1 Å². The number of carbonyl (C=O) groups is 1. The summed E-state index contributed by atoms with van der Waals surface area (Å²) in [6, 6.07) is 17.8. The van der Waals surface area contributed by atoms with E-state index in [4.69, 9.17) is 32.0 Å². The zero-order valence-electron chi connectivity index (χ0n) is 17.0. The molecule has 0 fully saturated rings. The van der Waals surface area contributed by atoms with E-state index in [2.05, 4.69) is 15.3 Å². The standard InChI is InChI=1S/C23H16Cl2N4O3S/c24-16-7-3-14(4-8-16)18-12-19(20-2-1-11-31-20)29(28-18)21(30)13-33-23-27-26-22(32-23)15-5-9-17(25)10-6-15/h1-11,19H,12-13H2. The Hall–Kier alpha value is -3.07. The maximum absolute atomic E-state index is 13.1. The van der Waals surface area contributed by atoms with Crippen LogP contribution in [-0.2, 0) is 4.79 Å². The van der Waals surface area contributed by atoms with Crippen molar-refractivity contribution < 1.29 is 13.6 Å². The third kappa shape index (κ3) is 4.83. The smallest absolute Gasteiger partial charge is 0.277 e. The van der Waals surface area contributed by atoms with E-state index in [0.717, 1.165) is 28.6 Å². The first-order valence-corrected chi connectivity index (χ1v) is 11.7.